The fourth-order valence-electron chi connectivity index (χ4n) is 4.43. The molecule has 1 aliphatic heterocycles. The molecule has 3 heterocycles. The second-order valence-corrected chi connectivity index (χ2v) is 8.88. The molecule has 0 atom stereocenters. The van der Waals surface area contributed by atoms with E-state index in [0.29, 0.717) is 24.6 Å². The van der Waals surface area contributed by atoms with Gasteiger partial charge in [0, 0.05) is 74.6 Å². The van der Waals surface area contributed by atoms with Crippen molar-refractivity contribution in [2.24, 2.45) is 7.05 Å². The van der Waals surface area contributed by atoms with Gasteiger partial charge in [-0.3, -0.25) is 14.6 Å². The molecule has 10 heteroatoms. The maximum Gasteiger partial charge on any atom is 0.124 e. The van der Waals surface area contributed by atoms with Crippen molar-refractivity contribution in [3.05, 3.63) is 55.0 Å². The molecule has 1 fully saturated rings. The highest BCUT2D eigenvalue weighted by Crippen LogP contribution is 2.34. The minimum Gasteiger partial charge on any atom is -0.497 e. The Hall–Kier alpha value is -3.76. The van der Waals surface area contributed by atoms with E-state index in [1.54, 1.807) is 31.3 Å². The third-order valence-corrected chi connectivity index (χ3v) is 6.39. The molecule has 0 unspecified atom stereocenters. The molecule has 0 spiro atoms. The summed E-state index contributed by atoms with van der Waals surface area (Å²) in [5.74, 6) is 1.42. The van der Waals surface area contributed by atoms with Crippen molar-refractivity contribution < 1.29 is 18.9 Å². The Morgan fingerprint density at radius 3 is 2.44 bits per heavy atom. The molecule has 0 N–H and O–H groups in total. The SMILES string of the molecule is COc1cc(OC)cc(N(CCCN2CC(OF)C2)c2ccc3ncc(-c4cnn(C)c4)nc3c2)c1. The topological polar surface area (TPSA) is 77.8 Å². The summed E-state index contributed by atoms with van der Waals surface area (Å²) < 4.78 is 25.1. The van der Waals surface area contributed by atoms with Gasteiger partial charge in [0.25, 0.3) is 0 Å². The van der Waals surface area contributed by atoms with Crippen molar-refractivity contribution >= 4 is 22.4 Å². The van der Waals surface area contributed by atoms with Crippen LogP contribution in [0.4, 0.5) is 15.9 Å². The summed E-state index contributed by atoms with van der Waals surface area (Å²) in [6.45, 7) is 2.81. The van der Waals surface area contributed by atoms with Crippen LogP contribution in [0.2, 0.25) is 0 Å². The largest absolute Gasteiger partial charge is 0.497 e. The molecule has 0 amide bonds. The van der Waals surface area contributed by atoms with Crippen LogP contribution in [-0.2, 0) is 12.0 Å². The molecule has 0 radical (unpaired) electrons. The molecule has 2 aromatic carbocycles. The fourth-order valence-corrected chi connectivity index (χ4v) is 4.43. The lowest BCUT2D eigenvalue weighted by atomic mass is 10.1. The van der Waals surface area contributed by atoms with Crippen LogP contribution in [0.3, 0.4) is 0 Å². The van der Waals surface area contributed by atoms with Gasteiger partial charge in [0.1, 0.15) is 17.6 Å². The molecular formula is C26H29FN6O3. The van der Waals surface area contributed by atoms with Gasteiger partial charge in [-0.25, -0.2) is 4.98 Å². The Morgan fingerprint density at radius 2 is 1.78 bits per heavy atom. The smallest absolute Gasteiger partial charge is 0.124 e. The lowest BCUT2D eigenvalue weighted by Gasteiger charge is -2.36. The summed E-state index contributed by atoms with van der Waals surface area (Å²) in [7, 11) is 5.16. The quantitative estimate of drug-likeness (QED) is 0.327. The van der Waals surface area contributed by atoms with Crippen LogP contribution in [-0.4, -0.2) is 71.2 Å². The molecule has 36 heavy (non-hydrogen) atoms. The minimum absolute atomic E-state index is 0.308. The number of benzene rings is 2. The molecule has 0 aliphatic carbocycles. The van der Waals surface area contributed by atoms with E-state index in [0.717, 1.165) is 53.2 Å². The number of methoxy groups -OCH3 is 2. The fraction of sp³-hybridized carbons (Fsp3) is 0.346. The Labute approximate surface area is 208 Å². The first kappa shape index (κ1) is 24.0. The Morgan fingerprint density at radius 1 is 1.00 bits per heavy atom. The summed E-state index contributed by atoms with van der Waals surface area (Å²) in [5.41, 5.74) is 5.20. The van der Waals surface area contributed by atoms with Gasteiger partial charge >= 0.3 is 0 Å². The van der Waals surface area contributed by atoms with Crippen molar-refractivity contribution in [3.63, 3.8) is 0 Å². The molecule has 1 aliphatic rings. The van der Waals surface area contributed by atoms with Crippen LogP contribution in [0.25, 0.3) is 22.3 Å². The highest BCUT2D eigenvalue weighted by atomic mass is 19.3. The Balaban J connectivity index is 1.47. The number of hydrogen-bond donors (Lipinski definition) is 0. The van der Waals surface area contributed by atoms with Crippen LogP contribution in [0.5, 0.6) is 11.5 Å². The van der Waals surface area contributed by atoms with E-state index in [1.165, 1.54) is 0 Å². The van der Waals surface area contributed by atoms with Gasteiger partial charge in [0.15, 0.2) is 0 Å². The van der Waals surface area contributed by atoms with Crippen LogP contribution in [0.1, 0.15) is 6.42 Å². The number of likely N-dealkylation sites (tertiary alicyclic amines) is 1. The van der Waals surface area contributed by atoms with Gasteiger partial charge in [-0.1, -0.05) is 0 Å². The van der Waals surface area contributed by atoms with Crippen molar-refractivity contribution in [3.8, 4) is 22.8 Å². The highest BCUT2D eigenvalue weighted by molar-refractivity contribution is 5.82. The molecule has 1 saturated heterocycles. The zero-order valence-corrected chi connectivity index (χ0v) is 20.6. The third kappa shape index (κ3) is 5.09. The van der Waals surface area contributed by atoms with Gasteiger partial charge in [0.2, 0.25) is 0 Å². The first-order chi connectivity index (χ1) is 17.6. The normalized spacial score (nSPS) is 14.1. The van der Waals surface area contributed by atoms with E-state index in [4.69, 9.17) is 14.5 Å². The number of rotatable bonds is 10. The minimum atomic E-state index is -0.308. The van der Waals surface area contributed by atoms with Crippen molar-refractivity contribution in [2.45, 2.75) is 12.5 Å². The summed E-state index contributed by atoms with van der Waals surface area (Å²) in [5, 5.41) is 4.25. The van der Waals surface area contributed by atoms with E-state index in [9.17, 15) is 4.53 Å². The zero-order valence-electron chi connectivity index (χ0n) is 20.6. The molecule has 188 valence electrons. The van der Waals surface area contributed by atoms with Gasteiger partial charge in [-0.05, 0) is 29.1 Å². The number of fused-ring (bicyclic) bond motifs is 1. The lowest BCUT2D eigenvalue weighted by molar-refractivity contribution is -0.218. The molecule has 0 saturated carbocycles. The Bertz CT molecular complexity index is 1320. The maximum atomic E-state index is 12.3. The van der Waals surface area contributed by atoms with Gasteiger partial charge < -0.3 is 14.4 Å². The monoisotopic (exact) mass is 492 g/mol. The van der Waals surface area contributed by atoms with Crippen molar-refractivity contribution in [2.75, 3.05) is 45.3 Å². The van der Waals surface area contributed by atoms with Crippen LogP contribution in [0.15, 0.2) is 55.0 Å². The molecule has 9 nitrogen and oxygen atoms in total. The van der Waals surface area contributed by atoms with Crippen LogP contribution < -0.4 is 14.4 Å². The van der Waals surface area contributed by atoms with E-state index in [2.05, 4.69) is 24.8 Å². The van der Waals surface area contributed by atoms with Crippen molar-refractivity contribution in [1.82, 2.24) is 24.6 Å². The average Bonchev–Trinajstić information content (AvgIpc) is 3.32. The van der Waals surface area contributed by atoms with Gasteiger partial charge in [-0.15, -0.1) is 0 Å². The predicted octanol–water partition coefficient (Wildman–Crippen LogP) is 4.16. The second-order valence-electron chi connectivity index (χ2n) is 8.88. The van der Waals surface area contributed by atoms with Gasteiger partial charge in [-0.2, -0.15) is 10.0 Å². The van der Waals surface area contributed by atoms with Crippen molar-refractivity contribution in [1.29, 1.82) is 0 Å². The molecule has 5 rings (SSSR count). The summed E-state index contributed by atoms with van der Waals surface area (Å²) >= 11 is 0. The number of hydrogen-bond acceptors (Lipinski definition) is 8. The molecule has 0 bridgehead atoms. The summed E-state index contributed by atoms with van der Waals surface area (Å²) in [4.78, 5) is 17.8. The number of aryl methyl sites for hydroxylation is 1. The van der Waals surface area contributed by atoms with E-state index in [-0.39, 0.29) is 6.10 Å². The lowest BCUT2D eigenvalue weighted by Crippen LogP contribution is -2.51. The first-order valence-electron chi connectivity index (χ1n) is 11.8. The van der Waals surface area contributed by atoms with E-state index < -0.39 is 0 Å². The molecular weight excluding hydrogens is 463 g/mol. The van der Waals surface area contributed by atoms with Crippen LogP contribution >= 0.6 is 0 Å². The number of anilines is 2. The number of aromatic nitrogens is 4. The predicted molar refractivity (Wildman–Crippen MR) is 135 cm³/mol. The number of halogens is 1. The van der Waals surface area contributed by atoms with Gasteiger partial charge in [0.05, 0.1) is 43.3 Å². The second kappa shape index (κ2) is 10.5. The Kier molecular flexibility index (Phi) is 6.97. The standard InChI is InChI=1S/C26H29FN6O3/c1-31-15-18(13-29-31)26-14-28-24-6-5-19(11-25(24)30-26)33(8-4-7-32-16-23(17-32)36-27)20-9-21(34-2)12-22(10-20)35-3/h5-6,9-15,23H,4,7-8,16-17H2,1-3H3. The first-order valence-corrected chi connectivity index (χ1v) is 11.8. The average molecular weight is 493 g/mol. The van der Waals surface area contributed by atoms with E-state index in [1.807, 2.05) is 49.6 Å². The summed E-state index contributed by atoms with van der Waals surface area (Å²) in [6, 6.07) is 11.9. The van der Waals surface area contributed by atoms with E-state index >= 15 is 0 Å². The van der Waals surface area contributed by atoms with Crippen LogP contribution in [0, 0.1) is 0 Å². The summed E-state index contributed by atoms with van der Waals surface area (Å²) in [6.07, 6.45) is 6.03. The highest BCUT2D eigenvalue weighted by Gasteiger charge is 2.28. The number of nitrogens with zero attached hydrogens (tertiary/aromatic N) is 6. The third-order valence-electron chi connectivity index (χ3n) is 6.39. The zero-order chi connectivity index (χ0) is 25.1. The molecule has 4 aromatic rings. The molecule has 2 aromatic heterocycles. The maximum absolute atomic E-state index is 12.3. The number of ether oxygens (including phenoxy) is 2.